The summed E-state index contributed by atoms with van der Waals surface area (Å²) in [5, 5.41) is 5.58. The molecule has 0 saturated carbocycles. The smallest absolute Gasteiger partial charge is 0.319 e. The lowest BCUT2D eigenvalue weighted by Gasteiger charge is -2.12. The van der Waals surface area contributed by atoms with Gasteiger partial charge in [0.2, 0.25) is 14.2 Å². The number of carbonyl (C=O) groups excluding carboxylic acids is 1. The van der Waals surface area contributed by atoms with Crippen molar-refractivity contribution >= 4 is 43.1 Å². The van der Waals surface area contributed by atoms with E-state index >= 15 is 0 Å². The third kappa shape index (κ3) is 4.67. The molecule has 2 rings (SSSR count). The van der Waals surface area contributed by atoms with Crippen molar-refractivity contribution in [2.45, 2.75) is 44.5 Å². The first-order valence-electron chi connectivity index (χ1n) is 7.92. The SMILES string of the molecule is CCC(C)NC(=O)Nc1ccc2nc(S(=O)(=O)CC(C)C)sc2c1. The van der Waals surface area contributed by atoms with Crippen LogP contribution in [0.4, 0.5) is 10.5 Å². The van der Waals surface area contributed by atoms with Crippen molar-refractivity contribution in [1.29, 1.82) is 0 Å². The summed E-state index contributed by atoms with van der Waals surface area (Å²) in [5.74, 6) is 0.124. The molecule has 1 heterocycles. The molecule has 2 N–H and O–H groups in total. The predicted octanol–water partition coefficient (Wildman–Crippen LogP) is 3.65. The fraction of sp³-hybridized carbons (Fsp3) is 0.500. The number of anilines is 1. The molecular weight excluding hydrogens is 346 g/mol. The molecule has 8 heteroatoms. The molecule has 0 fully saturated rings. The minimum Gasteiger partial charge on any atom is -0.335 e. The molecule has 0 saturated heterocycles. The molecule has 6 nitrogen and oxygen atoms in total. The van der Waals surface area contributed by atoms with E-state index in [1.807, 2.05) is 27.7 Å². The van der Waals surface area contributed by atoms with Gasteiger partial charge < -0.3 is 10.6 Å². The van der Waals surface area contributed by atoms with Gasteiger partial charge in [0.05, 0.1) is 16.0 Å². The fourth-order valence-electron chi connectivity index (χ4n) is 2.12. The second kappa shape index (κ2) is 7.48. The highest BCUT2D eigenvalue weighted by molar-refractivity contribution is 7.93. The van der Waals surface area contributed by atoms with Crippen molar-refractivity contribution in [2.24, 2.45) is 5.92 Å². The largest absolute Gasteiger partial charge is 0.335 e. The number of rotatable bonds is 6. The number of aromatic nitrogens is 1. The lowest BCUT2D eigenvalue weighted by Crippen LogP contribution is -2.35. The highest BCUT2D eigenvalue weighted by atomic mass is 32.2. The van der Waals surface area contributed by atoms with Crippen LogP contribution in [0.3, 0.4) is 0 Å². The van der Waals surface area contributed by atoms with Crippen LogP contribution in [0.1, 0.15) is 34.1 Å². The predicted molar refractivity (Wildman–Crippen MR) is 98.4 cm³/mol. The van der Waals surface area contributed by atoms with Gasteiger partial charge in [0.15, 0.2) is 0 Å². The average Bonchev–Trinajstić information content (AvgIpc) is 2.89. The van der Waals surface area contributed by atoms with E-state index in [1.165, 1.54) is 0 Å². The third-order valence-electron chi connectivity index (χ3n) is 3.44. The zero-order chi connectivity index (χ0) is 17.9. The number of amides is 2. The lowest BCUT2D eigenvalue weighted by molar-refractivity contribution is 0.249. The number of benzene rings is 1. The van der Waals surface area contributed by atoms with Gasteiger partial charge in [0.25, 0.3) is 0 Å². The Kier molecular flexibility index (Phi) is 5.82. The maximum Gasteiger partial charge on any atom is 0.319 e. The maximum absolute atomic E-state index is 12.3. The summed E-state index contributed by atoms with van der Waals surface area (Å²) in [5.41, 5.74) is 1.23. The van der Waals surface area contributed by atoms with Crippen LogP contribution < -0.4 is 10.6 Å². The van der Waals surface area contributed by atoms with Gasteiger partial charge in [-0.1, -0.05) is 20.8 Å². The summed E-state index contributed by atoms with van der Waals surface area (Å²) in [6.45, 7) is 7.65. The van der Waals surface area contributed by atoms with E-state index < -0.39 is 9.84 Å². The van der Waals surface area contributed by atoms with Gasteiger partial charge in [-0.2, -0.15) is 0 Å². The quantitative estimate of drug-likeness (QED) is 0.813. The number of carbonyl (C=O) groups is 1. The number of fused-ring (bicyclic) bond motifs is 1. The number of nitrogens with zero attached hydrogens (tertiary/aromatic N) is 1. The molecule has 0 aliphatic heterocycles. The first kappa shape index (κ1) is 18.7. The van der Waals surface area contributed by atoms with Crippen LogP contribution in [0.15, 0.2) is 22.5 Å². The molecular formula is C16H23N3O3S2. The van der Waals surface area contributed by atoms with Crippen LogP contribution in [0.5, 0.6) is 0 Å². The van der Waals surface area contributed by atoms with Crippen LogP contribution in [-0.2, 0) is 9.84 Å². The maximum atomic E-state index is 12.3. The highest BCUT2D eigenvalue weighted by Crippen LogP contribution is 2.29. The second-order valence-electron chi connectivity index (χ2n) is 6.25. The van der Waals surface area contributed by atoms with E-state index in [2.05, 4.69) is 15.6 Å². The Morgan fingerprint density at radius 2 is 2.00 bits per heavy atom. The van der Waals surface area contributed by atoms with Gasteiger partial charge >= 0.3 is 6.03 Å². The Morgan fingerprint density at radius 3 is 2.62 bits per heavy atom. The van der Waals surface area contributed by atoms with Crippen LogP contribution in [-0.4, -0.2) is 31.2 Å². The van der Waals surface area contributed by atoms with Crippen molar-refractivity contribution in [3.63, 3.8) is 0 Å². The monoisotopic (exact) mass is 369 g/mol. The molecule has 1 atom stereocenters. The molecule has 0 aliphatic rings. The number of hydrogen-bond donors (Lipinski definition) is 2. The van der Waals surface area contributed by atoms with E-state index in [9.17, 15) is 13.2 Å². The molecule has 2 aromatic rings. The van der Waals surface area contributed by atoms with Crippen molar-refractivity contribution < 1.29 is 13.2 Å². The molecule has 24 heavy (non-hydrogen) atoms. The zero-order valence-corrected chi connectivity index (χ0v) is 15.9. The van der Waals surface area contributed by atoms with Crippen LogP contribution in [0, 0.1) is 5.92 Å². The van der Waals surface area contributed by atoms with Gasteiger partial charge in [-0.15, -0.1) is 11.3 Å². The second-order valence-corrected chi connectivity index (χ2v) is 9.48. The number of sulfone groups is 1. The average molecular weight is 370 g/mol. The number of nitrogens with one attached hydrogen (secondary N) is 2. The Balaban J connectivity index is 2.21. The number of urea groups is 1. The highest BCUT2D eigenvalue weighted by Gasteiger charge is 2.21. The Hall–Kier alpha value is -1.67. The molecule has 1 aromatic carbocycles. The summed E-state index contributed by atoms with van der Waals surface area (Å²) in [7, 11) is -3.37. The van der Waals surface area contributed by atoms with Gasteiger partial charge in [-0.3, -0.25) is 0 Å². The summed E-state index contributed by atoms with van der Waals surface area (Å²) in [6.07, 6.45) is 0.846. The Bertz CT molecular complexity index is 828. The van der Waals surface area contributed by atoms with Gasteiger partial charge in [-0.05, 0) is 37.5 Å². The number of thiazole rings is 1. The van der Waals surface area contributed by atoms with Crippen molar-refractivity contribution in [3.05, 3.63) is 18.2 Å². The van der Waals surface area contributed by atoms with E-state index in [0.29, 0.717) is 11.2 Å². The molecule has 2 amide bonds. The van der Waals surface area contributed by atoms with Crippen molar-refractivity contribution in [1.82, 2.24) is 10.3 Å². The normalized spacial score (nSPS) is 13.2. The minimum absolute atomic E-state index is 0.0449. The molecule has 0 bridgehead atoms. The van der Waals surface area contributed by atoms with Crippen LogP contribution >= 0.6 is 11.3 Å². The van der Waals surface area contributed by atoms with Crippen LogP contribution in [0.25, 0.3) is 10.2 Å². The first-order valence-corrected chi connectivity index (χ1v) is 10.4. The third-order valence-corrected chi connectivity index (χ3v) is 6.99. The molecule has 1 aromatic heterocycles. The molecule has 0 spiro atoms. The molecule has 1 unspecified atom stereocenters. The zero-order valence-electron chi connectivity index (χ0n) is 14.3. The summed E-state index contributed by atoms with van der Waals surface area (Å²) < 4.78 is 25.5. The van der Waals surface area contributed by atoms with Gasteiger partial charge in [0, 0.05) is 11.7 Å². The van der Waals surface area contributed by atoms with Gasteiger partial charge in [-0.25, -0.2) is 18.2 Å². The summed E-state index contributed by atoms with van der Waals surface area (Å²) >= 11 is 1.14. The fourth-order valence-corrected chi connectivity index (χ4v) is 5.09. The standard InChI is InChI=1S/C16H23N3O3S2/c1-5-11(4)17-15(20)18-12-6-7-13-14(8-12)23-16(19-13)24(21,22)9-10(2)3/h6-8,10-11H,5,9H2,1-4H3,(H2,17,18,20). The first-order chi connectivity index (χ1) is 11.2. The van der Waals surface area contributed by atoms with Crippen molar-refractivity contribution in [2.75, 3.05) is 11.1 Å². The Labute approximate surface area is 146 Å². The molecule has 132 valence electrons. The summed E-state index contributed by atoms with van der Waals surface area (Å²) in [4.78, 5) is 16.1. The van der Waals surface area contributed by atoms with E-state index in [-0.39, 0.29) is 28.1 Å². The van der Waals surface area contributed by atoms with Gasteiger partial charge in [0.1, 0.15) is 0 Å². The topological polar surface area (TPSA) is 88.2 Å². The molecule has 0 aliphatic carbocycles. The van der Waals surface area contributed by atoms with E-state index in [4.69, 9.17) is 0 Å². The Morgan fingerprint density at radius 1 is 1.29 bits per heavy atom. The number of hydrogen-bond acceptors (Lipinski definition) is 5. The minimum atomic E-state index is -3.37. The van der Waals surface area contributed by atoms with E-state index in [1.54, 1.807) is 18.2 Å². The van der Waals surface area contributed by atoms with E-state index in [0.717, 1.165) is 22.5 Å². The molecule has 0 radical (unpaired) electrons. The van der Waals surface area contributed by atoms with Crippen LogP contribution in [0.2, 0.25) is 0 Å². The lowest BCUT2D eigenvalue weighted by atomic mass is 10.2. The summed E-state index contributed by atoms with van der Waals surface area (Å²) in [6, 6.07) is 5.00. The van der Waals surface area contributed by atoms with Crippen molar-refractivity contribution in [3.8, 4) is 0 Å².